The van der Waals surface area contributed by atoms with Crippen molar-refractivity contribution in [3.63, 3.8) is 0 Å². The molecule has 2 aromatic carbocycles. The molecule has 0 spiro atoms. The molecule has 23 heavy (non-hydrogen) atoms. The Morgan fingerprint density at radius 1 is 0.870 bits per heavy atom. The molecule has 0 aliphatic heterocycles. The van der Waals surface area contributed by atoms with Gasteiger partial charge in [-0.15, -0.1) is 0 Å². The summed E-state index contributed by atoms with van der Waals surface area (Å²) in [5.41, 5.74) is 0.987. The highest BCUT2D eigenvalue weighted by Crippen LogP contribution is 2.35. The monoisotopic (exact) mass is 316 g/mol. The van der Waals surface area contributed by atoms with Gasteiger partial charge in [0.25, 0.3) is 0 Å². The van der Waals surface area contributed by atoms with Gasteiger partial charge in [-0.1, -0.05) is 26.0 Å². The summed E-state index contributed by atoms with van der Waals surface area (Å²) in [6, 6.07) is 8.43. The molecular weight excluding hydrogens is 300 g/mol. The van der Waals surface area contributed by atoms with Gasteiger partial charge in [-0.2, -0.15) is 0 Å². The minimum atomic E-state index is -1.05. The summed E-state index contributed by atoms with van der Waals surface area (Å²) in [4.78, 5) is 23.8. The number of carbonyl (C=O) groups excluding carboxylic acids is 2. The number of ether oxygens (including phenoxy) is 1. The zero-order valence-electron chi connectivity index (χ0n) is 12.6. The Morgan fingerprint density at radius 2 is 1.35 bits per heavy atom. The second kappa shape index (κ2) is 6.39. The fraction of sp³-hybridized carbons (Fsp3) is 0.176. The van der Waals surface area contributed by atoms with Crippen LogP contribution < -0.4 is 0 Å². The molecule has 3 N–H and O–H groups in total. The number of phenols is 3. The van der Waals surface area contributed by atoms with Crippen molar-refractivity contribution in [1.82, 2.24) is 0 Å². The van der Waals surface area contributed by atoms with Gasteiger partial charge in [0.1, 0.15) is 0 Å². The SMILES string of the molecule is CC(C)c1ccc(C(=O)OC(=O)c2cc(O)c(O)c(O)c2)cc1. The Morgan fingerprint density at radius 3 is 1.83 bits per heavy atom. The molecule has 0 radical (unpaired) electrons. The van der Waals surface area contributed by atoms with E-state index in [9.17, 15) is 24.9 Å². The van der Waals surface area contributed by atoms with Crippen molar-refractivity contribution in [3.8, 4) is 17.2 Å². The van der Waals surface area contributed by atoms with Crippen LogP contribution in [0, 0.1) is 0 Å². The van der Waals surface area contributed by atoms with Crippen LogP contribution in [-0.4, -0.2) is 27.3 Å². The number of benzene rings is 2. The average molecular weight is 316 g/mol. The molecule has 0 aliphatic rings. The van der Waals surface area contributed by atoms with Crippen LogP contribution in [0.15, 0.2) is 36.4 Å². The lowest BCUT2D eigenvalue weighted by molar-refractivity contribution is 0.0397. The number of hydrogen-bond donors (Lipinski definition) is 3. The molecule has 120 valence electrons. The Hall–Kier alpha value is -3.02. The Kier molecular flexibility index (Phi) is 4.55. The summed E-state index contributed by atoms with van der Waals surface area (Å²) in [5.74, 6) is -3.72. The van der Waals surface area contributed by atoms with E-state index >= 15 is 0 Å². The second-order valence-corrected chi connectivity index (χ2v) is 5.32. The normalized spacial score (nSPS) is 10.6. The van der Waals surface area contributed by atoms with Gasteiger partial charge in [0.05, 0.1) is 11.1 Å². The molecule has 0 saturated heterocycles. The highest BCUT2D eigenvalue weighted by molar-refractivity contribution is 6.03. The molecule has 0 saturated carbocycles. The van der Waals surface area contributed by atoms with Crippen molar-refractivity contribution in [1.29, 1.82) is 0 Å². The maximum Gasteiger partial charge on any atom is 0.346 e. The van der Waals surface area contributed by atoms with Crippen molar-refractivity contribution in [2.75, 3.05) is 0 Å². The van der Waals surface area contributed by atoms with Crippen molar-refractivity contribution in [2.24, 2.45) is 0 Å². The van der Waals surface area contributed by atoms with Gasteiger partial charge in [0.15, 0.2) is 17.2 Å². The van der Waals surface area contributed by atoms with Gasteiger partial charge in [0.2, 0.25) is 0 Å². The fourth-order valence-corrected chi connectivity index (χ4v) is 1.93. The zero-order chi connectivity index (χ0) is 17.1. The molecule has 2 rings (SSSR count). The summed E-state index contributed by atoms with van der Waals surface area (Å²) < 4.78 is 4.69. The standard InChI is InChI=1S/C17H16O6/c1-9(2)10-3-5-11(6-4-10)16(21)23-17(22)12-7-13(18)15(20)14(19)8-12/h3-9,18-20H,1-2H3. The molecule has 0 heterocycles. The quantitative estimate of drug-likeness (QED) is 0.457. The first-order chi connectivity index (χ1) is 10.8. The lowest BCUT2D eigenvalue weighted by Crippen LogP contribution is -2.13. The van der Waals surface area contributed by atoms with E-state index in [4.69, 9.17) is 4.74 Å². The number of aromatic hydroxyl groups is 3. The summed E-state index contributed by atoms with van der Waals surface area (Å²) in [7, 11) is 0. The lowest BCUT2D eigenvalue weighted by Gasteiger charge is -2.07. The summed E-state index contributed by atoms with van der Waals surface area (Å²) in [5, 5.41) is 27.9. The van der Waals surface area contributed by atoms with Crippen molar-refractivity contribution in [2.45, 2.75) is 19.8 Å². The molecule has 2 aromatic rings. The van der Waals surface area contributed by atoms with Crippen molar-refractivity contribution in [3.05, 3.63) is 53.1 Å². The predicted molar refractivity (Wildman–Crippen MR) is 81.7 cm³/mol. The lowest BCUT2D eigenvalue weighted by atomic mass is 10.0. The summed E-state index contributed by atoms with van der Waals surface area (Å²) >= 11 is 0. The molecule has 6 heteroatoms. The van der Waals surface area contributed by atoms with Gasteiger partial charge in [0, 0.05) is 0 Å². The average Bonchev–Trinajstić information content (AvgIpc) is 2.52. The third-order valence-corrected chi connectivity index (χ3v) is 3.30. The van der Waals surface area contributed by atoms with Crippen LogP contribution in [-0.2, 0) is 4.74 Å². The van der Waals surface area contributed by atoms with Gasteiger partial charge >= 0.3 is 11.9 Å². The molecule has 0 fully saturated rings. The molecule has 6 nitrogen and oxygen atoms in total. The van der Waals surface area contributed by atoms with Crippen LogP contribution in [0.1, 0.15) is 46.0 Å². The molecule has 0 atom stereocenters. The summed E-state index contributed by atoms with van der Waals surface area (Å²) in [6.45, 7) is 4.03. The highest BCUT2D eigenvalue weighted by Gasteiger charge is 2.18. The fourth-order valence-electron chi connectivity index (χ4n) is 1.93. The minimum absolute atomic E-state index is 0.204. The van der Waals surface area contributed by atoms with E-state index in [1.54, 1.807) is 24.3 Å². The molecule has 0 bridgehead atoms. The van der Waals surface area contributed by atoms with E-state index in [0.717, 1.165) is 17.7 Å². The number of rotatable bonds is 3. The van der Waals surface area contributed by atoms with Gasteiger partial charge in [-0.3, -0.25) is 0 Å². The molecule has 0 amide bonds. The number of hydrogen-bond acceptors (Lipinski definition) is 6. The first kappa shape index (κ1) is 16.4. The Labute approximate surface area is 132 Å². The van der Waals surface area contributed by atoms with Crippen LogP contribution >= 0.6 is 0 Å². The van der Waals surface area contributed by atoms with Gasteiger partial charge < -0.3 is 20.1 Å². The number of esters is 2. The van der Waals surface area contributed by atoms with Crippen molar-refractivity contribution < 1.29 is 29.6 Å². The van der Waals surface area contributed by atoms with Crippen LogP contribution in [0.2, 0.25) is 0 Å². The highest BCUT2D eigenvalue weighted by atomic mass is 16.6. The number of carbonyl (C=O) groups is 2. The van der Waals surface area contributed by atoms with Gasteiger partial charge in [-0.05, 0) is 35.7 Å². The van der Waals surface area contributed by atoms with Gasteiger partial charge in [-0.25, -0.2) is 9.59 Å². The summed E-state index contributed by atoms with van der Waals surface area (Å²) in [6.07, 6.45) is 0. The second-order valence-electron chi connectivity index (χ2n) is 5.32. The zero-order valence-corrected chi connectivity index (χ0v) is 12.6. The third kappa shape index (κ3) is 3.60. The predicted octanol–water partition coefficient (Wildman–Crippen LogP) is 2.92. The van der Waals surface area contributed by atoms with Crippen LogP contribution in [0.3, 0.4) is 0 Å². The van der Waals surface area contributed by atoms with E-state index in [1.807, 2.05) is 13.8 Å². The first-order valence-electron chi connectivity index (χ1n) is 6.91. The van der Waals surface area contributed by atoms with Crippen LogP contribution in [0.25, 0.3) is 0 Å². The molecular formula is C17H16O6. The maximum absolute atomic E-state index is 11.9. The molecule has 0 unspecified atom stereocenters. The molecule has 0 aliphatic carbocycles. The van der Waals surface area contributed by atoms with Crippen molar-refractivity contribution >= 4 is 11.9 Å². The smallest absolute Gasteiger partial charge is 0.346 e. The number of phenolic OH excluding ortho intramolecular Hbond substituents is 3. The topological polar surface area (TPSA) is 104 Å². The Bertz CT molecular complexity index is 723. The van der Waals surface area contributed by atoms with Crippen LogP contribution in [0.4, 0.5) is 0 Å². The van der Waals surface area contributed by atoms with E-state index in [2.05, 4.69) is 0 Å². The minimum Gasteiger partial charge on any atom is -0.504 e. The Balaban J connectivity index is 2.15. The maximum atomic E-state index is 11.9. The van der Waals surface area contributed by atoms with Crippen LogP contribution in [0.5, 0.6) is 17.2 Å². The third-order valence-electron chi connectivity index (χ3n) is 3.30. The van der Waals surface area contributed by atoms with E-state index in [0.29, 0.717) is 5.92 Å². The largest absolute Gasteiger partial charge is 0.504 e. The van der Waals surface area contributed by atoms with E-state index in [-0.39, 0.29) is 11.1 Å². The van der Waals surface area contributed by atoms with E-state index < -0.39 is 29.2 Å². The first-order valence-corrected chi connectivity index (χ1v) is 6.91. The van der Waals surface area contributed by atoms with E-state index in [1.165, 1.54) is 0 Å². The molecule has 0 aromatic heterocycles.